The van der Waals surface area contributed by atoms with E-state index in [1.165, 1.54) is 23.9 Å². The minimum absolute atomic E-state index is 0.0653. The van der Waals surface area contributed by atoms with Crippen LogP contribution in [0.2, 0.25) is 0 Å². The van der Waals surface area contributed by atoms with Gasteiger partial charge in [-0.05, 0) is 18.2 Å². The zero-order valence-electron chi connectivity index (χ0n) is 14.6. The van der Waals surface area contributed by atoms with Crippen molar-refractivity contribution in [1.82, 2.24) is 19.1 Å². The normalized spacial score (nSPS) is 11.5. The number of imidazole rings is 1. The summed E-state index contributed by atoms with van der Waals surface area (Å²) in [7, 11) is 3.06. The van der Waals surface area contributed by atoms with Gasteiger partial charge in [0.05, 0.1) is 12.8 Å². The number of nitrogens with one attached hydrogen (secondary N) is 2. The molecule has 0 radical (unpaired) electrons. The lowest BCUT2D eigenvalue weighted by Crippen LogP contribution is -2.29. The Morgan fingerprint density at radius 1 is 1.44 bits per heavy atom. The number of halogens is 1. The molecule has 0 saturated carbocycles. The molecule has 0 bridgehead atoms. The molecule has 2 aromatic heterocycles. The average Bonchev–Trinajstić information content (AvgIpc) is 3.00. The van der Waals surface area contributed by atoms with Crippen LogP contribution in [-0.4, -0.2) is 44.1 Å². The fourth-order valence-corrected chi connectivity index (χ4v) is 2.89. The summed E-state index contributed by atoms with van der Waals surface area (Å²) in [6, 6.07) is 4.94. The van der Waals surface area contributed by atoms with Crippen LogP contribution in [0.4, 0.5) is 5.95 Å². The molecule has 3 rings (SSSR count). The lowest BCUT2D eigenvalue weighted by Gasteiger charge is -2.07. The van der Waals surface area contributed by atoms with Crippen molar-refractivity contribution in [2.24, 2.45) is 12.1 Å². The number of aromatic nitrogens is 4. The second-order valence-corrected chi connectivity index (χ2v) is 6.56. The molecule has 11 heteroatoms. The van der Waals surface area contributed by atoms with Gasteiger partial charge in [-0.3, -0.25) is 14.3 Å². The van der Waals surface area contributed by atoms with Crippen LogP contribution in [0, 0.1) is 0 Å². The molecule has 1 aromatic carbocycles. The fourth-order valence-electron chi connectivity index (χ4n) is 2.51. The van der Waals surface area contributed by atoms with Gasteiger partial charge < -0.3 is 14.4 Å². The number of anilines is 1. The minimum atomic E-state index is -0.557. The highest BCUT2D eigenvalue weighted by molar-refractivity contribution is 9.10. The van der Waals surface area contributed by atoms with Crippen molar-refractivity contribution in [3.63, 3.8) is 0 Å². The maximum absolute atomic E-state index is 12.3. The Labute approximate surface area is 161 Å². The van der Waals surface area contributed by atoms with Gasteiger partial charge in [0, 0.05) is 30.7 Å². The number of benzene rings is 1. The van der Waals surface area contributed by atoms with E-state index in [4.69, 9.17) is 4.74 Å². The molecule has 142 valence electrons. The zero-order chi connectivity index (χ0) is 19.6. The van der Waals surface area contributed by atoms with E-state index < -0.39 is 11.2 Å². The second kappa shape index (κ2) is 7.76. The molecule has 3 N–H and O–H groups in total. The highest BCUT2D eigenvalue weighted by Crippen LogP contribution is 2.20. The van der Waals surface area contributed by atoms with Gasteiger partial charge in [0.2, 0.25) is 5.95 Å². The van der Waals surface area contributed by atoms with E-state index in [0.29, 0.717) is 18.7 Å². The van der Waals surface area contributed by atoms with Crippen molar-refractivity contribution in [3.05, 3.63) is 49.1 Å². The van der Waals surface area contributed by atoms with Crippen LogP contribution < -0.4 is 16.7 Å². The molecule has 2 heterocycles. The van der Waals surface area contributed by atoms with Gasteiger partial charge in [0.15, 0.2) is 11.2 Å². The number of aromatic amines is 1. The number of nitrogens with zero attached hydrogens (tertiary/aromatic N) is 4. The fraction of sp³-hybridized carbons (Fsp3) is 0.250. The number of phenolic OH excluding ortho intramolecular Hbond substituents is 1. The van der Waals surface area contributed by atoms with Crippen molar-refractivity contribution in [2.45, 2.75) is 6.54 Å². The van der Waals surface area contributed by atoms with Crippen molar-refractivity contribution in [3.8, 4) is 5.75 Å². The van der Waals surface area contributed by atoms with E-state index in [1.807, 2.05) is 0 Å². The molecule has 0 amide bonds. The largest absolute Gasteiger partial charge is 0.507 e. The number of hydrogen-bond acceptors (Lipinski definition) is 7. The van der Waals surface area contributed by atoms with Crippen LogP contribution in [0.1, 0.15) is 5.56 Å². The topological polar surface area (TPSA) is 127 Å². The van der Waals surface area contributed by atoms with Crippen LogP contribution in [-0.2, 0) is 18.3 Å². The summed E-state index contributed by atoms with van der Waals surface area (Å²) >= 11 is 3.33. The van der Waals surface area contributed by atoms with E-state index in [-0.39, 0.29) is 22.9 Å². The van der Waals surface area contributed by atoms with Crippen molar-refractivity contribution in [2.75, 3.05) is 19.1 Å². The molecule has 0 saturated heterocycles. The smallest absolute Gasteiger partial charge is 0.329 e. The van der Waals surface area contributed by atoms with Crippen LogP contribution in [0.3, 0.4) is 0 Å². The SMILES string of the molecule is COCCn1c(NN=Cc2cc(Br)ccc2O)nc2c1c(=O)[nH]c(=O)n2C. The lowest BCUT2D eigenvalue weighted by atomic mass is 10.2. The molecule has 0 fully saturated rings. The third-order valence-corrected chi connectivity index (χ3v) is 4.38. The van der Waals surface area contributed by atoms with E-state index in [9.17, 15) is 14.7 Å². The molecule has 10 nitrogen and oxygen atoms in total. The molecule has 0 aliphatic heterocycles. The summed E-state index contributed by atoms with van der Waals surface area (Å²) in [5.74, 6) is 0.329. The molecule has 0 spiro atoms. The van der Waals surface area contributed by atoms with Gasteiger partial charge in [-0.2, -0.15) is 10.1 Å². The van der Waals surface area contributed by atoms with Crippen molar-refractivity contribution < 1.29 is 9.84 Å². The maximum Gasteiger partial charge on any atom is 0.329 e. The average molecular weight is 437 g/mol. The number of fused-ring (bicyclic) bond motifs is 1. The van der Waals surface area contributed by atoms with Crippen LogP contribution in [0.15, 0.2) is 37.4 Å². The third kappa shape index (κ3) is 3.78. The highest BCUT2D eigenvalue weighted by atomic mass is 79.9. The number of methoxy groups -OCH3 is 1. The Bertz CT molecular complexity index is 1130. The van der Waals surface area contributed by atoms with Gasteiger partial charge in [-0.15, -0.1) is 0 Å². The van der Waals surface area contributed by atoms with Gasteiger partial charge in [-0.1, -0.05) is 15.9 Å². The molecule has 0 unspecified atom stereocenters. The van der Waals surface area contributed by atoms with Gasteiger partial charge in [-0.25, -0.2) is 10.2 Å². The Kier molecular flexibility index (Phi) is 5.42. The highest BCUT2D eigenvalue weighted by Gasteiger charge is 2.16. The minimum Gasteiger partial charge on any atom is -0.507 e. The van der Waals surface area contributed by atoms with Gasteiger partial charge in [0.1, 0.15) is 5.75 Å². The molecule has 0 atom stereocenters. The van der Waals surface area contributed by atoms with E-state index in [0.717, 1.165) is 4.47 Å². The predicted molar refractivity (Wildman–Crippen MR) is 104 cm³/mol. The van der Waals surface area contributed by atoms with Crippen molar-refractivity contribution in [1.29, 1.82) is 0 Å². The Morgan fingerprint density at radius 2 is 2.22 bits per heavy atom. The quantitative estimate of drug-likeness (QED) is 0.390. The number of phenols is 1. The lowest BCUT2D eigenvalue weighted by molar-refractivity contribution is 0.188. The van der Waals surface area contributed by atoms with E-state index >= 15 is 0 Å². The predicted octanol–water partition coefficient (Wildman–Crippen LogP) is 0.984. The first-order chi connectivity index (χ1) is 12.9. The molecule has 0 aliphatic rings. The molecule has 27 heavy (non-hydrogen) atoms. The standard InChI is InChI=1S/C16H17BrN6O4/c1-22-13-12(14(25)20-16(22)26)23(5-6-27-2)15(19-13)21-18-8-9-7-10(17)3-4-11(9)24/h3-4,7-8,24H,5-6H2,1-2H3,(H,19,21)(H,20,25,26). The number of rotatable bonds is 6. The summed E-state index contributed by atoms with van der Waals surface area (Å²) in [6.45, 7) is 0.660. The first-order valence-electron chi connectivity index (χ1n) is 7.88. The number of aromatic hydroxyl groups is 1. The van der Waals surface area contributed by atoms with Crippen LogP contribution in [0.5, 0.6) is 5.75 Å². The second-order valence-electron chi connectivity index (χ2n) is 5.64. The molecule has 3 aromatic rings. The molecular formula is C16H17BrN6O4. The summed E-state index contributed by atoms with van der Waals surface area (Å²) in [6.07, 6.45) is 1.42. The first-order valence-corrected chi connectivity index (χ1v) is 8.67. The monoisotopic (exact) mass is 436 g/mol. The molecular weight excluding hydrogens is 420 g/mol. The Balaban J connectivity index is 2.02. The summed E-state index contributed by atoms with van der Waals surface area (Å²) in [5.41, 5.74) is 2.60. The third-order valence-electron chi connectivity index (χ3n) is 3.88. The number of H-pyrrole nitrogens is 1. The van der Waals surface area contributed by atoms with E-state index in [2.05, 4.69) is 36.4 Å². The first kappa shape index (κ1) is 18.9. The number of hydrazone groups is 1. The summed E-state index contributed by atoms with van der Waals surface area (Å²) in [5, 5.41) is 13.9. The van der Waals surface area contributed by atoms with Gasteiger partial charge >= 0.3 is 5.69 Å². The number of ether oxygens (including phenoxy) is 1. The van der Waals surface area contributed by atoms with Gasteiger partial charge in [0.25, 0.3) is 5.56 Å². The van der Waals surface area contributed by atoms with Crippen LogP contribution in [0.25, 0.3) is 11.2 Å². The zero-order valence-corrected chi connectivity index (χ0v) is 16.1. The maximum atomic E-state index is 12.3. The summed E-state index contributed by atoms with van der Waals surface area (Å²) < 4.78 is 8.69. The number of hydrogen-bond donors (Lipinski definition) is 3. The number of aryl methyl sites for hydroxylation is 1. The van der Waals surface area contributed by atoms with Crippen LogP contribution >= 0.6 is 15.9 Å². The summed E-state index contributed by atoms with van der Waals surface area (Å²) in [4.78, 5) is 30.6. The van der Waals surface area contributed by atoms with Crippen molar-refractivity contribution >= 4 is 39.3 Å². The Hall–Kier alpha value is -2.92. The Morgan fingerprint density at radius 3 is 2.96 bits per heavy atom. The molecule has 0 aliphatic carbocycles. The van der Waals surface area contributed by atoms with E-state index in [1.54, 1.807) is 23.8 Å².